The number of hydrogen-bond acceptors (Lipinski definition) is 5. The molecule has 1 aliphatic carbocycles. The Kier molecular flexibility index (Phi) is 3.27. The van der Waals surface area contributed by atoms with Gasteiger partial charge in [-0.15, -0.1) is 0 Å². The molecule has 0 radical (unpaired) electrons. The molecule has 6 nitrogen and oxygen atoms in total. The second-order valence-corrected chi connectivity index (χ2v) is 6.52. The summed E-state index contributed by atoms with van der Waals surface area (Å²) in [5, 5.41) is 9.53. The number of methoxy groups -OCH3 is 1. The summed E-state index contributed by atoms with van der Waals surface area (Å²) in [7, 11) is -2.55. The van der Waals surface area contributed by atoms with Gasteiger partial charge in [-0.3, -0.25) is 0 Å². The minimum Gasteiger partial charge on any atom is -0.507 e. The van der Waals surface area contributed by atoms with Gasteiger partial charge in [-0.05, 0) is 38.0 Å². The van der Waals surface area contributed by atoms with Gasteiger partial charge in [-0.2, -0.15) is 0 Å². The van der Waals surface area contributed by atoms with E-state index in [2.05, 4.69) is 9.46 Å². The first kappa shape index (κ1) is 13.8. The number of hydrogen-bond donors (Lipinski definition) is 2. The maximum Gasteiger partial charge on any atom is 0.341 e. The fourth-order valence-corrected chi connectivity index (χ4v) is 3.12. The average Bonchev–Trinajstić information content (AvgIpc) is 3.05. The van der Waals surface area contributed by atoms with Crippen LogP contribution in [0, 0.1) is 0 Å². The highest BCUT2D eigenvalue weighted by molar-refractivity contribution is 7.89. The molecule has 0 saturated heterocycles. The van der Waals surface area contributed by atoms with Crippen LogP contribution in [0.1, 0.15) is 30.1 Å². The summed E-state index contributed by atoms with van der Waals surface area (Å²) >= 11 is 0. The van der Waals surface area contributed by atoms with Crippen LogP contribution in [-0.4, -0.2) is 32.1 Å². The van der Waals surface area contributed by atoms with Crippen molar-refractivity contribution in [1.29, 1.82) is 0 Å². The van der Waals surface area contributed by atoms with E-state index in [0.717, 1.165) is 32.1 Å². The van der Waals surface area contributed by atoms with Crippen LogP contribution in [0.3, 0.4) is 0 Å². The molecule has 1 aromatic carbocycles. The molecule has 2 rings (SSSR count). The third-order valence-electron chi connectivity index (χ3n) is 3.06. The van der Waals surface area contributed by atoms with E-state index in [4.69, 9.17) is 0 Å². The molecule has 7 heteroatoms. The van der Waals surface area contributed by atoms with Gasteiger partial charge in [-0.25, -0.2) is 17.9 Å². The lowest BCUT2D eigenvalue weighted by Crippen LogP contribution is -2.34. The van der Waals surface area contributed by atoms with E-state index < -0.39 is 21.5 Å². The van der Waals surface area contributed by atoms with E-state index in [1.54, 1.807) is 0 Å². The number of nitrogens with one attached hydrogen (secondary N) is 1. The van der Waals surface area contributed by atoms with Gasteiger partial charge in [-0.1, -0.05) is 0 Å². The summed E-state index contributed by atoms with van der Waals surface area (Å²) in [6, 6.07) is 3.52. The summed E-state index contributed by atoms with van der Waals surface area (Å²) in [5.41, 5.74) is -0.575. The molecular weight excluding hydrogens is 270 g/mol. The Labute approximate surface area is 111 Å². The van der Waals surface area contributed by atoms with Crippen molar-refractivity contribution in [2.75, 3.05) is 7.11 Å². The zero-order valence-corrected chi connectivity index (χ0v) is 11.5. The molecule has 0 atom stereocenters. The van der Waals surface area contributed by atoms with Gasteiger partial charge in [0.25, 0.3) is 0 Å². The Morgan fingerprint density at radius 1 is 1.42 bits per heavy atom. The highest BCUT2D eigenvalue weighted by Crippen LogP contribution is 2.36. The number of carbonyl (C=O) groups excluding carboxylic acids is 1. The van der Waals surface area contributed by atoms with E-state index >= 15 is 0 Å². The number of benzene rings is 1. The van der Waals surface area contributed by atoms with E-state index in [1.165, 1.54) is 6.07 Å². The third kappa shape index (κ3) is 2.87. The lowest BCUT2D eigenvalue weighted by atomic mass is 10.2. The molecule has 1 saturated carbocycles. The van der Waals surface area contributed by atoms with Crippen LogP contribution in [0.5, 0.6) is 5.75 Å². The van der Waals surface area contributed by atoms with Gasteiger partial charge in [0.15, 0.2) is 0 Å². The summed E-state index contributed by atoms with van der Waals surface area (Å²) in [6.45, 7) is 1.81. The second kappa shape index (κ2) is 4.50. The third-order valence-corrected chi connectivity index (χ3v) is 4.70. The van der Waals surface area contributed by atoms with Gasteiger partial charge in [0.2, 0.25) is 10.0 Å². The van der Waals surface area contributed by atoms with Crippen LogP contribution >= 0.6 is 0 Å². The Balaban J connectivity index is 2.37. The van der Waals surface area contributed by atoms with Crippen LogP contribution in [0.25, 0.3) is 0 Å². The highest BCUT2D eigenvalue weighted by atomic mass is 32.2. The first-order valence-corrected chi connectivity index (χ1v) is 7.21. The molecule has 0 heterocycles. The number of sulfonamides is 1. The number of ether oxygens (including phenoxy) is 1. The molecule has 19 heavy (non-hydrogen) atoms. The molecule has 2 N–H and O–H groups in total. The Morgan fingerprint density at radius 3 is 2.58 bits per heavy atom. The summed E-state index contributed by atoms with van der Waals surface area (Å²) < 4.78 is 31.3. The average molecular weight is 285 g/mol. The standard InChI is InChI=1S/C12H15NO5S/c1-12(5-6-12)13-19(16,17)8-3-4-10(14)9(7-8)11(15)18-2/h3-4,7,13-14H,5-6H2,1-2H3. The number of carbonyl (C=O) groups is 1. The predicted molar refractivity (Wildman–Crippen MR) is 67.4 cm³/mol. The Morgan fingerprint density at radius 2 is 2.05 bits per heavy atom. The Bertz CT molecular complexity index is 619. The summed E-state index contributed by atoms with van der Waals surface area (Å²) in [5.74, 6) is -1.10. The fraction of sp³-hybridized carbons (Fsp3) is 0.417. The van der Waals surface area contributed by atoms with Crippen molar-refractivity contribution in [3.05, 3.63) is 23.8 Å². The molecule has 1 fully saturated rings. The van der Waals surface area contributed by atoms with Crippen LogP contribution in [-0.2, 0) is 14.8 Å². The number of phenols is 1. The van der Waals surface area contributed by atoms with Crippen molar-refractivity contribution >= 4 is 16.0 Å². The molecule has 1 aromatic rings. The summed E-state index contributed by atoms with van der Waals surface area (Å²) in [6.07, 6.45) is 1.57. The van der Waals surface area contributed by atoms with Crippen molar-refractivity contribution in [3.63, 3.8) is 0 Å². The van der Waals surface area contributed by atoms with Crippen LogP contribution in [0.4, 0.5) is 0 Å². The van der Waals surface area contributed by atoms with Crippen molar-refractivity contribution in [1.82, 2.24) is 4.72 Å². The van der Waals surface area contributed by atoms with Crippen molar-refractivity contribution < 1.29 is 23.1 Å². The molecule has 1 aliphatic rings. The highest BCUT2D eigenvalue weighted by Gasteiger charge is 2.41. The molecular formula is C12H15NO5S. The molecule has 0 spiro atoms. The number of phenolic OH excluding ortho intramolecular Hbond substituents is 1. The van der Waals surface area contributed by atoms with Gasteiger partial charge in [0.05, 0.1) is 12.0 Å². The molecule has 104 valence electrons. The lowest BCUT2D eigenvalue weighted by Gasteiger charge is -2.13. The minimum absolute atomic E-state index is 0.0705. The number of esters is 1. The molecule has 0 bridgehead atoms. The van der Waals surface area contributed by atoms with E-state index in [9.17, 15) is 18.3 Å². The van der Waals surface area contributed by atoms with Crippen LogP contribution in [0.15, 0.2) is 23.1 Å². The van der Waals surface area contributed by atoms with Crippen molar-refractivity contribution in [2.45, 2.75) is 30.2 Å². The zero-order valence-electron chi connectivity index (χ0n) is 10.6. The smallest absolute Gasteiger partial charge is 0.341 e. The van der Waals surface area contributed by atoms with Gasteiger partial charge < -0.3 is 9.84 Å². The molecule has 0 aliphatic heterocycles. The maximum absolute atomic E-state index is 12.1. The molecule has 0 aromatic heterocycles. The summed E-state index contributed by atoms with van der Waals surface area (Å²) in [4.78, 5) is 11.3. The number of aromatic hydroxyl groups is 1. The largest absolute Gasteiger partial charge is 0.507 e. The topological polar surface area (TPSA) is 92.7 Å². The quantitative estimate of drug-likeness (QED) is 0.805. The molecule has 0 amide bonds. The zero-order chi connectivity index (χ0) is 14.3. The minimum atomic E-state index is -3.71. The maximum atomic E-state index is 12.1. The number of rotatable bonds is 4. The fourth-order valence-electron chi connectivity index (χ4n) is 1.63. The van der Waals surface area contributed by atoms with E-state index in [1.807, 2.05) is 6.92 Å². The second-order valence-electron chi connectivity index (χ2n) is 4.84. The lowest BCUT2D eigenvalue weighted by molar-refractivity contribution is 0.0597. The monoisotopic (exact) mass is 285 g/mol. The van der Waals surface area contributed by atoms with E-state index in [0.29, 0.717) is 0 Å². The first-order valence-electron chi connectivity index (χ1n) is 5.73. The van der Waals surface area contributed by atoms with Crippen molar-refractivity contribution in [2.24, 2.45) is 0 Å². The van der Waals surface area contributed by atoms with Gasteiger partial charge in [0.1, 0.15) is 11.3 Å². The van der Waals surface area contributed by atoms with Gasteiger partial charge >= 0.3 is 5.97 Å². The molecule has 0 unspecified atom stereocenters. The van der Waals surface area contributed by atoms with E-state index in [-0.39, 0.29) is 16.2 Å². The van der Waals surface area contributed by atoms with Crippen LogP contribution < -0.4 is 4.72 Å². The van der Waals surface area contributed by atoms with Crippen molar-refractivity contribution in [3.8, 4) is 5.75 Å². The first-order chi connectivity index (χ1) is 8.77. The Hall–Kier alpha value is -1.60. The SMILES string of the molecule is COC(=O)c1cc(S(=O)(=O)NC2(C)CC2)ccc1O. The normalized spacial score (nSPS) is 16.9. The van der Waals surface area contributed by atoms with Crippen LogP contribution in [0.2, 0.25) is 0 Å². The van der Waals surface area contributed by atoms with Gasteiger partial charge in [0, 0.05) is 5.54 Å². The predicted octanol–water partition coefficient (Wildman–Crippen LogP) is 1.01.